The third-order valence-corrected chi connectivity index (χ3v) is 3.38. The van der Waals surface area contributed by atoms with Gasteiger partial charge in [-0.05, 0) is 24.3 Å². The number of rotatable bonds is 3. The summed E-state index contributed by atoms with van der Waals surface area (Å²) in [4.78, 5) is 0. The molecule has 1 saturated heterocycles. The second-order valence-corrected chi connectivity index (χ2v) is 4.68. The summed E-state index contributed by atoms with van der Waals surface area (Å²) in [7, 11) is -3.39. The standard InChI is InChI=1S/C8H9FN2O2S/c9-7-1-3-8(4-2-7)10-14(12,13)11-5-6-11/h1-4,10H,5-6H2. The number of nitrogens with zero attached hydrogens (tertiary/aromatic N) is 1. The van der Waals surface area contributed by atoms with Gasteiger partial charge in [0, 0.05) is 18.8 Å². The average Bonchev–Trinajstić information content (AvgIpc) is 2.91. The third-order valence-electron chi connectivity index (χ3n) is 1.84. The molecule has 1 N–H and O–H groups in total. The van der Waals surface area contributed by atoms with Crippen LogP contribution in [0.2, 0.25) is 0 Å². The average molecular weight is 216 g/mol. The van der Waals surface area contributed by atoms with Crippen LogP contribution in [0.1, 0.15) is 0 Å². The molecule has 0 unspecified atom stereocenters. The van der Waals surface area contributed by atoms with Gasteiger partial charge >= 0.3 is 10.2 Å². The number of hydrogen-bond donors (Lipinski definition) is 1. The highest BCUT2D eigenvalue weighted by molar-refractivity contribution is 7.90. The number of nitrogens with one attached hydrogen (secondary N) is 1. The lowest BCUT2D eigenvalue weighted by atomic mass is 10.3. The van der Waals surface area contributed by atoms with Crippen LogP contribution in [0.25, 0.3) is 0 Å². The van der Waals surface area contributed by atoms with Gasteiger partial charge in [0.1, 0.15) is 5.82 Å². The molecule has 1 aromatic carbocycles. The van der Waals surface area contributed by atoms with E-state index < -0.39 is 10.2 Å². The van der Waals surface area contributed by atoms with Gasteiger partial charge in [0.15, 0.2) is 0 Å². The van der Waals surface area contributed by atoms with Crippen LogP contribution in [-0.2, 0) is 10.2 Å². The van der Waals surface area contributed by atoms with Crippen LogP contribution in [0.5, 0.6) is 0 Å². The van der Waals surface area contributed by atoms with Gasteiger partial charge in [-0.1, -0.05) is 0 Å². The van der Waals surface area contributed by atoms with Crippen molar-refractivity contribution in [2.24, 2.45) is 0 Å². The van der Waals surface area contributed by atoms with Gasteiger partial charge < -0.3 is 0 Å². The molecule has 14 heavy (non-hydrogen) atoms. The minimum Gasteiger partial charge on any atom is -0.271 e. The van der Waals surface area contributed by atoms with Crippen molar-refractivity contribution in [3.8, 4) is 0 Å². The Hall–Kier alpha value is -1.14. The summed E-state index contributed by atoms with van der Waals surface area (Å²) in [6.45, 7) is 1.10. The summed E-state index contributed by atoms with van der Waals surface area (Å²) in [5.74, 6) is -0.389. The quantitative estimate of drug-likeness (QED) is 0.760. The minimum atomic E-state index is -3.39. The first-order valence-corrected chi connectivity index (χ1v) is 5.55. The van der Waals surface area contributed by atoms with Gasteiger partial charge in [-0.15, -0.1) is 0 Å². The van der Waals surface area contributed by atoms with E-state index in [2.05, 4.69) is 4.72 Å². The van der Waals surface area contributed by atoms with E-state index in [1.807, 2.05) is 0 Å². The molecule has 1 heterocycles. The van der Waals surface area contributed by atoms with E-state index in [0.717, 1.165) is 0 Å². The molecular formula is C8H9FN2O2S. The maximum atomic E-state index is 12.5. The molecule has 0 spiro atoms. The zero-order valence-corrected chi connectivity index (χ0v) is 8.09. The summed E-state index contributed by atoms with van der Waals surface area (Å²) < 4.78 is 38.9. The van der Waals surface area contributed by atoms with Gasteiger partial charge in [0.2, 0.25) is 0 Å². The van der Waals surface area contributed by atoms with Crippen molar-refractivity contribution < 1.29 is 12.8 Å². The first kappa shape index (κ1) is 9.42. The number of halogens is 1. The fraction of sp³-hybridized carbons (Fsp3) is 0.250. The second kappa shape index (κ2) is 3.21. The molecule has 6 heteroatoms. The van der Waals surface area contributed by atoms with Gasteiger partial charge in [0.05, 0.1) is 0 Å². The highest BCUT2D eigenvalue weighted by Gasteiger charge is 2.31. The molecular weight excluding hydrogens is 207 g/mol. The Labute approximate surface area is 81.5 Å². The molecule has 1 aliphatic rings. The van der Waals surface area contributed by atoms with Gasteiger partial charge in [-0.2, -0.15) is 12.7 Å². The molecule has 0 saturated carbocycles. The zero-order valence-electron chi connectivity index (χ0n) is 7.27. The lowest BCUT2D eigenvalue weighted by Gasteiger charge is -2.06. The van der Waals surface area contributed by atoms with Crippen LogP contribution in [0.3, 0.4) is 0 Å². The Morgan fingerprint density at radius 1 is 1.21 bits per heavy atom. The summed E-state index contributed by atoms with van der Waals surface area (Å²) in [5, 5.41) is 0. The van der Waals surface area contributed by atoms with E-state index in [9.17, 15) is 12.8 Å². The van der Waals surface area contributed by atoms with E-state index in [4.69, 9.17) is 0 Å². The van der Waals surface area contributed by atoms with Gasteiger partial charge in [-0.3, -0.25) is 4.72 Å². The van der Waals surface area contributed by atoms with Crippen LogP contribution in [0, 0.1) is 5.82 Å². The van der Waals surface area contributed by atoms with Crippen LogP contribution >= 0.6 is 0 Å². The van der Waals surface area contributed by atoms with Gasteiger partial charge in [0.25, 0.3) is 0 Å². The molecule has 1 aliphatic heterocycles. The molecule has 2 rings (SSSR count). The molecule has 0 amide bonds. The van der Waals surface area contributed by atoms with E-state index >= 15 is 0 Å². The lowest BCUT2D eigenvalue weighted by Crippen LogP contribution is -2.20. The second-order valence-electron chi connectivity index (χ2n) is 3.01. The molecule has 0 aliphatic carbocycles. The first-order valence-electron chi connectivity index (χ1n) is 4.11. The largest absolute Gasteiger partial charge is 0.301 e. The van der Waals surface area contributed by atoms with Crippen LogP contribution < -0.4 is 4.72 Å². The number of anilines is 1. The lowest BCUT2D eigenvalue weighted by molar-refractivity contribution is 0.569. The number of benzene rings is 1. The van der Waals surface area contributed by atoms with Crippen molar-refractivity contribution in [2.75, 3.05) is 17.8 Å². The number of hydrogen-bond acceptors (Lipinski definition) is 2. The molecule has 0 bridgehead atoms. The molecule has 4 nitrogen and oxygen atoms in total. The fourth-order valence-electron chi connectivity index (χ4n) is 1.01. The molecule has 1 fully saturated rings. The summed E-state index contributed by atoms with van der Waals surface area (Å²) in [6, 6.07) is 5.19. The molecule has 0 radical (unpaired) electrons. The van der Waals surface area contributed by atoms with Crippen molar-refractivity contribution in [1.82, 2.24) is 4.31 Å². The van der Waals surface area contributed by atoms with Crippen LogP contribution in [0.15, 0.2) is 24.3 Å². The predicted molar refractivity (Wildman–Crippen MR) is 50.5 cm³/mol. The zero-order chi connectivity index (χ0) is 10.2. The Morgan fingerprint density at radius 2 is 1.79 bits per heavy atom. The Balaban J connectivity index is 2.14. The van der Waals surface area contributed by atoms with E-state index in [1.165, 1.54) is 28.6 Å². The summed E-state index contributed by atoms with van der Waals surface area (Å²) >= 11 is 0. The van der Waals surface area contributed by atoms with Crippen molar-refractivity contribution in [2.45, 2.75) is 0 Å². The first-order chi connectivity index (χ1) is 6.58. The monoisotopic (exact) mass is 216 g/mol. The maximum absolute atomic E-state index is 12.5. The van der Waals surface area contributed by atoms with Crippen molar-refractivity contribution in [3.63, 3.8) is 0 Å². The molecule has 76 valence electrons. The van der Waals surface area contributed by atoms with Gasteiger partial charge in [-0.25, -0.2) is 4.39 Å². The van der Waals surface area contributed by atoms with E-state index in [-0.39, 0.29) is 5.82 Å². The highest BCUT2D eigenvalue weighted by atomic mass is 32.2. The fourth-order valence-corrected chi connectivity index (χ4v) is 2.14. The van der Waals surface area contributed by atoms with E-state index in [1.54, 1.807) is 0 Å². The van der Waals surface area contributed by atoms with Crippen molar-refractivity contribution in [1.29, 1.82) is 0 Å². The normalized spacial score (nSPS) is 16.6. The third kappa shape index (κ3) is 2.02. The van der Waals surface area contributed by atoms with Crippen LogP contribution in [-0.4, -0.2) is 25.8 Å². The molecule has 1 aromatic rings. The molecule has 0 aromatic heterocycles. The predicted octanol–water partition coefficient (Wildman–Crippen LogP) is 0.798. The minimum absolute atomic E-state index is 0.373. The summed E-state index contributed by atoms with van der Waals surface area (Å²) in [6.07, 6.45) is 0. The Bertz CT molecular complexity index is 425. The Morgan fingerprint density at radius 3 is 2.29 bits per heavy atom. The van der Waals surface area contributed by atoms with Crippen molar-refractivity contribution >= 4 is 15.9 Å². The van der Waals surface area contributed by atoms with Crippen molar-refractivity contribution in [3.05, 3.63) is 30.1 Å². The SMILES string of the molecule is O=S(=O)(Nc1ccc(F)cc1)N1CC1. The van der Waals surface area contributed by atoms with E-state index in [0.29, 0.717) is 18.8 Å². The smallest absolute Gasteiger partial charge is 0.271 e. The molecule has 0 atom stereocenters. The highest BCUT2D eigenvalue weighted by Crippen LogP contribution is 2.16. The van der Waals surface area contributed by atoms with Crippen LogP contribution in [0.4, 0.5) is 10.1 Å². The maximum Gasteiger partial charge on any atom is 0.301 e. The topological polar surface area (TPSA) is 49.2 Å². The summed E-state index contributed by atoms with van der Waals surface area (Å²) in [5.41, 5.74) is 0.373. The Kier molecular flexibility index (Phi) is 2.16.